The molecule has 1 aromatic heterocycles. The Kier molecular flexibility index (Phi) is 4.12. The van der Waals surface area contributed by atoms with Gasteiger partial charge in [-0.1, -0.05) is 23.2 Å². The Morgan fingerprint density at radius 3 is 2.32 bits per heavy atom. The number of hydrogen-bond donors (Lipinski definition) is 0. The van der Waals surface area contributed by atoms with Gasteiger partial charge in [-0.2, -0.15) is 13.2 Å². The molecule has 1 aliphatic heterocycles. The summed E-state index contributed by atoms with van der Waals surface area (Å²) < 4.78 is 39.4. The molecule has 7 heteroatoms. The van der Waals surface area contributed by atoms with E-state index in [-0.39, 0.29) is 10.5 Å². The molecule has 0 aliphatic carbocycles. The third-order valence-corrected chi connectivity index (χ3v) is 4.30. The van der Waals surface area contributed by atoms with Crippen molar-refractivity contribution in [2.24, 2.45) is 0 Å². The highest BCUT2D eigenvalue weighted by molar-refractivity contribution is 6.38. The molecule has 22 heavy (non-hydrogen) atoms. The molecule has 3 rings (SSSR count). The molecule has 2 heterocycles. The second-order valence-electron chi connectivity index (χ2n) is 5.36. The molecule has 0 saturated carbocycles. The summed E-state index contributed by atoms with van der Waals surface area (Å²) >= 11 is 12.1. The van der Waals surface area contributed by atoms with Crippen LogP contribution in [-0.2, 0) is 6.18 Å². The Labute approximate surface area is 135 Å². The molecular weight excluding hydrogens is 336 g/mol. The largest absolute Gasteiger partial charge is 0.433 e. The first-order valence-corrected chi connectivity index (χ1v) is 7.74. The highest BCUT2D eigenvalue weighted by Gasteiger charge is 2.34. The van der Waals surface area contributed by atoms with E-state index in [0.717, 1.165) is 38.4 Å². The number of fused-ring (bicyclic) bond motifs is 1. The average Bonchev–Trinajstić information content (AvgIpc) is 2.46. The fourth-order valence-electron chi connectivity index (χ4n) is 2.78. The maximum Gasteiger partial charge on any atom is 0.433 e. The summed E-state index contributed by atoms with van der Waals surface area (Å²) in [6.07, 6.45) is -1.51. The first-order chi connectivity index (χ1) is 10.4. The molecule has 2 aromatic rings. The highest BCUT2D eigenvalue weighted by Crippen LogP contribution is 2.38. The number of benzene rings is 1. The third kappa shape index (κ3) is 2.97. The molecule has 1 aromatic carbocycles. The van der Waals surface area contributed by atoms with E-state index in [0.29, 0.717) is 16.1 Å². The third-order valence-electron chi connectivity index (χ3n) is 3.80. The number of anilines is 1. The van der Waals surface area contributed by atoms with E-state index >= 15 is 0 Å². The van der Waals surface area contributed by atoms with Crippen LogP contribution in [0.15, 0.2) is 18.2 Å². The van der Waals surface area contributed by atoms with Gasteiger partial charge < -0.3 is 4.90 Å². The summed E-state index contributed by atoms with van der Waals surface area (Å²) in [6, 6.07) is 4.14. The molecule has 1 saturated heterocycles. The number of alkyl halides is 3. The van der Waals surface area contributed by atoms with E-state index in [1.165, 1.54) is 6.07 Å². The minimum atomic E-state index is -4.51. The smallest absolute Gasteiger partial charge is 0.371 e. The molecule has 0 radical (unpaired) electrons. The molecule has 0 spiro atoms. The van der Waals surface area contributed by atoms with E-state index in [9.17, 15) is 13.2 Å². The lowest BCUT2D eigenvalue weighted by Crippen LogP contribution is -2.30. The highest BCUT2D eigenvalue weighted by atomic mass is 35.5. The molecule has 0 N–H and O–H groups in total. The number of piperidine rings is 1. The lowest BCUT2D eigenvalue weighted by molar-refractivity contribution is -0.140. The van der Waals surface area contributed by atoms with Crippen molar-refractivity contribution < 1.29 is 13.2 Å². The van der Waals surface area contributed by atoms with Crippen molar-refractivity contribution >= 4 is 39.8 Å². The fraction of sp³-hybridized carbons (Fsp3) is 0.400. The summed E-state index contributed by atoms with van der Waals surface area (Å²) in [7, 11) is 0. The normalized spacial score (nSPS) is 16.3. The van der Waals surface area contributed by atoms with Gasteiger partial charge in [0.2, 0.25) is 0 Å². The zero-order valence-electron chi connectivity index (χ0n) is 11.6. The maximum atomic E-state index is 13.1. The van der Waals surface area contributed by atoms with Crippen LogP contribution in [0.5, 0.6) is 0 Å². The van der Waals surface area contributed by atoms with Crippen LogP contribution in [0, 0.1) is 0 Å². The average molecular weight is 349 g/mol. The predicted molar refractivity (Wildman–Crippen MR) is 82.8 cm³/mol. The van der Waals surface area contributed by atoms with Crippen LogP contribution in [0.4, 0.5) is 18.9 Å². The van der Waals surface area contributed by atoms with Gasteiger partial charge in [-0.25, -0.2) is 4.98 Å². The first-order valence-electron chi connectivity index (χ1n) is 6.98. The van der Waals surface area contributed by atoms with Gasteiger partial charge in [0.05, 0.1) is 10.5 Å². The van der Waals surface area contributed by atoms with Crippen LogP contribution in [0.2, 0.25) is 10.0 Å². The predicted octanol–water partition coefficient (Wildman–Crippen LogP) is 5.55. The van der Waals surface area contributed by atoms with E-state index in [2.05, 4.69) is 4.98 Å². The van der Waals surface area contributed by atoms with Gasteiger partial charge >= 0.3 is 6.18 Å². The van der Waals surface area contributed by atoms with Crippen LogP contribution in [-0.4, -0.2) is 18.1 Å². The maximum absolute atomic E-state index is 13.1. The zero-order valence-corrected chi connectivity index (χ0v) is 13.1. The van der Waals surface area contributed by atoms with Gasteiger partial charge in [0.15, 0.2) is 0 Å². The SMILES string of the molecule is FC(F)(F)c1cc(N2CCCCC2)c2cc(Cl)cc(Cl)c2n1. The second-order valence-corrected chi connectivity index (χ2v) is 6.20. The quantitative estimate of drug-likeness (QED) is 0.671. The molecule has 1 aliphatic rings. The first kappa shape index (κ1) is 15.7. The minimum Gasteiger partial charge on any atom is -0.371 e. The monoisotopic (exact) mass is 348 g/mol. The fourth-order valence-corrected chi connectivity index (χ4v) is 3.31. The van der Waals surface area contributed by atoms with Gasteiger partial charge in [0, 0.05) is 29.2 Å². The zero-order chi connectivity index (χ0) is 15.9. The van der Waals surface area contributed by atoms with Crippen molar-refractivity contribution in [3.63, 3.8) is 0 Å². The van der Waals surface area contributed by atoms with Crippen molar-refractivity contribution in [3.05, 3.63) is 33.9 Å². The number of pyridine rings is 1. The molecule has 1 fully saturated rings. The van der Waals surface area contributed by atoms with Gasteiger partial charge in [-0.15, -0.1) is 0 Å². The standard InChI is InChI=1S/C15H13Cl2F3N2/c16-9-6-10-12(22-4-2-1-3-5-22)8-13(15(18,19)20)21-14(10)11(17)7-9/h6-8H,1-5H2. The lowest BCUT2D eigenvalue weighted by Gasteiger charge is -2.30. The van der Waals surface area contributed by atoms with Crippen LogP contribution >= 0.6 is 23.2 Å². The Hall–Kier alpha value is -1.20. The van der Waals surface area contributed by atoms with Crippen molar-refractivity contribution in [1.82, 2.24) is 4.98 Å². The molecule has 0 unspecified atom stereocenters. The number of nitrogens with zero attached hydrogens (tertiary/aromatic N) is 2. The molecule has 118 valence electrons. The Balaban J connectivity index is 2.26. The van der Waals surface area contributed by atoms with Crippen molar-refractivity contribution in [1.29, 1.82) is 0 Å². The molecule has 0 atom stereocenters. The number of rotatable bonds is 1. The summed E-state index contributed by atoms with van der Waals surface area (Å²) in [4.78, 5) is 5.65. The van der Waals surface area contributed by atoms with Crippen molar-refractivity contribution in [2.75, 3.05) is 18.0 Å². The summed E-state index contributed by atoms with van der Waals surface area (Å²) in [6.45, 7) is 1.45. The Morgan fingerprint density at radius 2 is 1.68 bits per heavy atom. The number of halogens is 5. The molecule has 2 nitrogen and oxygen atoms in total. The molecular formula is C15H13Cl2F3N2. The minimum absolute atomic E-state index is 0.131. The molecule has 0 amide bonds. The number of hydrogen-bond acceptors (Lipinski definition) is 2. The van der Waals surface area contributed by atoms with Crippen LogP contribution in [0.3, 0.4) is 0 Å². The number of aromatic nitrogens is 1. The van der Waals surface area contributed by atoms with Gasteiger partial charge in [0.1, 0.15) is 5.69 Å². The van der Waals surface area contributed by atoms with Gasteiger partial charge in [0.25, 0.3) is 0 Å². The Bertz CT molecular complexity index is 710. The Morgan fingerprint density at radius 1 is 1.00 bits per heavy atom. The summed E-state index contributed by atoms with van der Waals surface area (Å²) in [5.74, 6) is 0. The van der Waals surface area contributed by atoms with E-state index < -0.39 is 11.9 Å². The topological polar surface area (TPSA) is 16.1 Å². The summed E-state index contributed by atoms with van der Waals surface area (Å²) in [5.41, 5.74) is -0.285. The van der Waals surface area contributed by atoms with Crippen LogP contribution < -0.4 is 4.90 Å². The van der Waals surface area contributed by atoms with Crippen LogP contribution in [0.25, 0.3) is 10.9 Å². The van der Waals surface area contributed by atoms with Gasteiger partial charge in [-0.05, 0) is 37.5 Å². The van der Waals surface area contributed by atoms with Gasteiger partial charge in [-0.3, -0.25) is 0 Å². The van der Waals surface area contributed by atoms with E-state index in [1.807, 2.05) is 4.90 Å². The second kappa shape index (κ2) is 5.78. The summed E-state index contributed by atoms with van der Waals surface area (Å²) in [5, 5.41) is 1.08. The molecule has 0 bridgehead atoms. The van der Waals surface area contributed by atoms with Crippen molar-refractivity contribution in [2.45, 2.75) is 25.4 Å². The van der Waals surface area contributed by atoms with E-state index in [1.54, 1.807) is 6.07 Å². The van der Waals surface area contributed by atoms with E-state index in [4.69, 9.17) is 23.2 Å². The van der Waals surface area contributed by atoms with Crippen LogP contribution in [0.1, 0.15) is 25.0 Å². The lowest BCUT2D eigenvalue weighted by atomic mass is 10.1. The van der Waals surface area contributed by atoms with Crippen molar-refractivity contribution in [3.8, 4) is 0 Å².